The first kappa shape index (κ1) is 18.5. The summed E-state index contributed by atoms with van der Waals surface area (Å²) < 4.78 is 0. The highest BCUT2D eigenvalue weighted by Gasteiger charge is 2.25. The van der Waals surface area contributed by atoms with Crippen molar-refractivity contribution < 1.29 is 0 Å². The van der Waals surface area contributed by atoms with Gasteiger partial charge >= 0.3 is 0 Å². The fourth-order valence-corrected chi connectivity index (χ4v) is 3.52. The molecule has 0 unspecified atom stereocenters. The third kappa shape index (κ3) is 4.17. The molecule has 0 radical (unpaired) electrons. The van der Waals surface area contributed by atoms with Crippen LogP contribution in [-0.2, 0) is 13.1 Å². The summed E-state index contributed by atoms with van der Waals surface area (Å²) in [6.07, 6.45) is 8.28. The highest BCUT2D eigenvalue weighted by molar-refractivity contribution is 5.60. The molecule has 28 heavy (non-hydrogen) atoms. The molecule has 6 heteroatoms. The van der Waals surface area contributed by atoms with E-state index in [9.17, 15) is 0 Å². The Kier molecular flexibility index (Phi) is 5.05. The van der Waals surface area contributed by atoms with Crippen LogP contribution in [0.3, 0.4) is 0 Å². The van der Waals surface area contributed by atoms with Crippen molar-refractivity contribution in [2.24, 2.45) is 5.41 Å². The zero-order valence-electron chi connectivity index (χ0n) is 16.6. The van der Waals surface area contributed by atoms with Gasteiger partial charge in [-0.05, 0) is 35.6 Å². The lowest BCUT2D eigenvalue weighted by atomic mass is 9.86. The minimum absolute atomic E-state index is 0.120. The van der Waals surface area contributed by atoms with Crippen molar-refractivity contribution in [1.82, 2.24) is 25.3 Å². The van der Waals surface area contributed by atoms with E-state index < -0.39 is 0 Å². The third-order valence-corrected chi connectivity index (χ3v) is 4.82. The average Bonchev–Trinajstić information content (AvgIpc) is 3.17. The van der Waals surface area contributed by atoms with Gasteiger partial charge in [0, 0.05) is 49.0 Å². The van der Waals surface area contributed by atoms with Crippen molar-refractivity contribution in [1.29, 1.82) is 0 Å². The summed E-state index contributed by atoms with van der Waals surface area (Å²) in [6.45, 7) is 8.30. The number of aromatic nitrogens is 4. The molecule has 144 valence electrons. The van der Waals surface area contributed by atoms with Gasteiger partial charge in [0.25, 0.3) is 0 Å². The maximum Gasteiger partial charge on any atom is 0.163 e. The minimum Gasteiger partial charge on any atom is -0.363 e. The lowest BCUT2D eigenvalue weighted by Crippen LogP contribution is -2.20. The first-order valence-electron chi connectivity index (χ1n) is 9.67. The molecule has 0 saturated heterocycles. The number of pyridine rings is 2. The quantitative estimate of drug-likeness (QED) is 0.699. The highest BCUT2D eigenvalue weighted by Crippen LogP contribution is 2.34. The first-order valence-corrected chi connectivity index (χ1v) is 9.67. The van der Waals surface area contributed by atoms with Crippen LogP contribution >= 0.6 is 0 Å². The summed E-state index contributed by atoms with van der Waals surface area (Å²) in [5, 5.41) is 7.11. The standard InChI is InChI=1S/C22H26N6/c1-22(2,3)10-18(15-6-4-8-23-11-15)26-21-17-13-25-14-19(17)27-20(28-21)16-7-5-9-24-12-16/h4-9,11-12,18,25H,10,13-14H2,1-3H3,(H,26,27,28)/t18-/m1/s1. The van der Waals surface area contributed by atoms with E-state index in [2.05, 4.69) is 47.4 Å². The van der Waals surface area contributed by atoms with Gasteiger partial charge in [0.2, 0.25) is 0 Å². The normalized spacial score (nSPS) is 14.5. The second kappa shape index (κ2) is 7.64. The lowest BCUT2D eigenvalue weighted by Gasteiger charge is -2.28. The van der Waals surface area contributed by atoms with Crippen molar-refractivity contribution in [2.45, 2.75) is 46.3 Å². The van der Waals surface area contributed by atoms with Crippen LogP contribution < -0.4 is 10.6 Å². The van der Waals surface area contributed by atoms with Crippen molar-refractivity contribution >= 4 is 5.82 Å². The summed E-state index contributed by atoms with van der Waals surface area (Å²) >= 11 is 0. The number of nitrogens with one attached hydrogen (secondary N) is 2. The summed E-state index contributed by atoms with van der Waals surface area (Å²) in [5.41, 5.74) is 4.45. The van der Waals surface area contributed by atoms with Crippen LogP contribution in [0.4, 0.5) is 5.82 Å². The zero-order chi connectivity index (χ0) is 19.6. The Morgan fingerprint density at radius 1 is 1.04 bits per heavy atom. The van der Waals surface area contributed by atoms with Gasteiger partial charge < -0.3 is 10.6 Å². The van der Waals surface area contributed by atoms with Crippen LogP contribution in [0, 0.1) is 5.41 Å². The Morgan fingerprint density at radius 3 is 2.50 bits per heavy atom. The van der Waals surface area contributed by atoms with Gasteiger partial charge in [-0.25, -0.2) is 9.97 Å². The molecule has 0 saturated carbocycles. The van der Waals surface area contributed by atoms with Crippen LogP contribution in [0.25, 0.3) is 11.4 Å². The molecule has 3 aromatic heterocycles. The van der Waals surface area contributed by atoms with Crippen molar-refractivity contribution in [3.63, 3.8) is 0 Å². The van der Waals surface area contributed by atoms with Crippen LogP contribution in [-0.4, -0.2) is 19.9 Å². The van der Waals surface area contributed by atoms with Gasteiger partial charge in [-0.1, -0.05) is 26.8 Å². The van der Waals surface area contributed by atoms with Crippen molar-refractivity contribution in [2.75, 3.05) is 5.32 Å². The molecule has 0 amide bonds. The van der Waals surface area contributed by atoms with E-state index in [0.29, 0.717) is 5.82 Å². The molecule has 0 aromatic carbocycles. The Hall–Kier alpha value is -2.86. The maximum absolute atomic E-state index is 4.89. The predicted octanol–water partition coefficient (Wildman–Crippen LogP) is 4.13. The zero-order valence-corrected chi connectivity index (χ0v) is 16.6. The van der Waals surface area contributed by atoms with E-state index in [4.69, 9.17) is 9.97 Å². The SMILES string of the molecule is CC(C)(C)C[C@@H](Nc1nc(-c2cccnc2)nc2c1CNC2)c1cccnc1. The van der Waals surface area contributed by atoms with Gasteiger partial charge in [0.1, 0.15) is 5.82 Å². The molecule has 0 bridgehead atoms. The van der Waals surface area contributed by atoms with Gasteiger partial charge in [0.15, 0.2) is 5.82 Å². The second-order valence-corrected chi connectivity index (χ2v) is 8.41. The fraction of sp³-hybridized carbons (Fsp3) is 0.364. The highest BCUT2D eigenvalue weighted by atomic mass is 15.1. The molecule has 0 spiro atoms. The Morgan fingerprint density at radius 2 is 1.82 bits per heavy atom. The number of nitrogens with zero attached hydrogens (tertiary/aromatic N) is 4. The molecule has 2 N–H and O–H groups in total. The molecule has 0 aliphatic carbocycles. The Bertz CT molecular complexity index is 934. The Balaban J connectivity index is 1.73. The van der Waals surface area contributed by atoms with Crippen LogP contribution in [0.2, 0.25) is 0 Å². The van der Waals surface area contributed by atoms with E-state index in [1.54, 1.807) is 6.20 Å². The smallest absolute Gasteiger partial charge is 0.163 e. The number of anilines is 1. The fourth-order valence-electron chi connectivity index (χ4n) is 3.52. The molecule has 1 aliphatic heterocycles. The molecule has 0 fully saturated rings. The summed E-state index contributed by atoms with van der Waals surface area (Å²) in [5.74, 6) is 1.60. The van der Waals surface area contributed by atoms with Crippen molar-refractivity contribution in [3.05, 3.63) is 65.9 Å². The molecule has 4 rings (SSSR count). The molecule has 3 aromatic rings. The molecule has 6 nitrogen and oxygen atoms in total. The third-order valence-electron chi connectivity index (χ3n) is 4.82. The lowest BCUT2D eigenvalue weighted by molar-refractivity contribution is 0.352. The van der Waals surface area contributed by atoms with E-state index in [-0.39, 0.29) is 11.5 Å². The van der Waals surface area contributed by atoms with Gasteiger partial charge in [0.05, 0.1) is 11.7 Å². The molecular formula is C22H26N6. The topological polar surface area (TPSA) is 75.6 Å². The second-order valence-electron chi connectivity index (χ2n) is 8.41. The summed E-state index contributed by atoms with van der Waals surface area (Å²) in [4.78, 5) is 18.2. The predicted molar refractivity (Wildman–Crippen MR) is 110 cm³/mol. The van der Waals surface area contributed by atoms with E-state index in [0.717, 1.165) is 42.1 Å². The molecule has 1 atom stereocenters. The van der Waals surface area contributed by atoms with Gasteiger partial charge in [-0.3, -0.25) is 9.97 Å². The summed E-state index contributed by atoms with van der Waals surface area (Å²) in [6, 6.07) is 8.14. The van der Waals surface area contributed by atoms with Gasteiger partial charge in [-0.15, -0.1) is 0 Å². The molecule has 4 heterocycles. The largest absolute Gasteiger partial charge is 0.363 e. The molecular weight excluding hydrogens is 348 g/mol. The maximum atomic E-state index is 4.89. The monoisotopic (exact) mass is 374 g/mol. The molecule has 1 aliphatic rings. The van der Waals surface area contributed by atoms with Gasteiger partial charge in [-0.2, -0.15) is 0 Å². The van der Waals surface area contributed by atoms with Crippen LogP contribution in [0.1, 0.15) is 50.1 Å². The van der Waals surface area contributed by atoms with Crippen LogP contribution in [0.15, 0.2) is 49.1 Å². The van der Waals surface area contributed by atoms with Crippen molar-refractivity contribution in [3.8, 4) is 11.4 Å². The van der Waals surface area contributed by atoms with E-state index >= 15 is 0 Å². The number of hydrogen-bond donors (Lipinski definition) is 2. The van der Waals surface area contributed by atoms with E-state index in [1.165, 1.54) is 5.56 Å². The van der Waals surface area contributed by atoms with E-state index in [1.807, 2.05) is 36.8 Å². The minimum atomic E-state index is 0.120. The summed E-state index contributed by atoms with van der Waals surface area (Å²) in [7, 11) is 0. The number of hydrogen-bond acceptors (Lipinski definition) is 6. The number of rotatable bonds is 5. The first-order chi connectivity index (χ1) is 13.5. The average molecular weight is 374 g/mol. The van der Waals surface area contributed by atoms with Crippen LogP contribution in [0.5, 0.6) is 0 Å². The number of fused-ring (bicyclic) bond motifs is 1. The Labute approximate surface area is 165 Å².